The highest BCUT2D eigenvalue weighted by molar-refractivity contribution is 5.92. The fourth-order valence-corrected chi connectivity index (χ4v) is 10.4. The van der Waals surface area contributed by atoms with E-state index in [0.717, 1.165) is 56.0 Å². The van der Waals surface area contributed by atoms with Crippen LogP contribution >= 0.6 is 0 Å². The van der Waals surface area contributed by atoms with Crippen LogP contribution in [-0.4, -0.2) is 4.98 Å². The number of allylic oxidation sites excluding steroid dienone is 2. The zero-order valence-electron chi connectivity index (χ0n) is 44.5. The number of para-hydroxylation sites is 3. The van der Waals surface area contributed by atoms with Crippen molar-refractivity contribution < 1.29 is 4.42 Å². The minimum Gasteiger partial charge on any atom is -0.436 e. The maximum Gasteiger partial charge on any atom is 0.227 e. The number of hydrogen-bond donors (Lipinski definition) is 0. The Hall–Kier alpha value is -9.83. The molecule has 0 saturated heterocycles. The van der Waals surface area contributed by atoms with Crippen molar-refractivity contribution in [2.75, 3.05) is 4.90 Å². The fourth-order valence-electron chi connectivity index (χ4n) is 10.4. The lowest BCUT2D eigenvalue weighted by atomic mass is 9.69. The predicted molar refractivity (Wildman–Crippen MR) is 331 cm³/mol. The van der Waals surface area contributed by atoms with E-state index in [-0.39, 0.29) is 5.41 Å². The Kier molecular flexibility index (Phi) is 16.0. The van der Waals surface area contributed by atoms with E-state index in [1.54, 1.807) is 12.2 Å². The van der Waals surface area contributed by atoms with Gasteiger partial charge >= 0.3 is 0 Å². The summed E-state index contributed by atoms with van der Waals surface area (Å²) < 4.78 is 6.08. The Morgan fingerprint density at radius 1 is 0.346 bits per heavy atom. The normalized spacial score (nSPS) is 10.9. The third-order valence-corrected chi connectivity index (χ3v) is 14.3. The van der Waals surface area contributed by atoms with E-state index >= 15 is 0 Å². The van der Waals surface area contributed by atoms with Gasteiger partial charge in [-0.05, 0) is 140 Å². The molecule has 3 heteroatoms. The monoisotopic (exact) mass is 1010 g/mol. The number of hydrogen-bond acceptors (Lipinski definition) is 3. The summed E-state index contributed by atoms with van der Waals surface area (Å²) >= 11 is 0. The molecular weight excluding hydrogens is 945 g/mol. The average Bonchev–Trinajstić information content (AvgIpc) is 3.98. The molecule has 0 bridgehead atoms. The lowest BCUT2D eigenvalue weighted by Gasteiger charge is -2.34. The molecule has 0 amide bonds. The first kappa shape index (κ1) is 51.6. The fraction of sp³-hybridized carbons (Fsp3) is 0.0533. The third kappa shape index (κ3) is 10.8. The molecule has 78 heavy (non-hydrogen) atoms. The second kappa shape index (κ2) is 24.2. The molecule has 378 valence electrons. The van der Waals surface area contributed by atoms with Crippen LogP contribution in [0, 0.1) is 0 Å². The summed E-state index contributed by atoms with van der Waals surface area (Å²) in [6.07, 6.45) is 3.28. The van der Waals surface area contributed by atoms with Crippen LogP contribution in [-0.2, 0) is 5.41 Å². The van der Waals surface area contributed by atoms with Crippen molar-refractivity contribution in [3.05, 3.63) is 327 Å². The zero-order chi connectivity index (χ0) is 53.7. The number of rotatable bonds is 13. The predicted octanol–water partition coefficient (Wildman–Crippen LogP) is 21.0. The number of benzene rings is 11. The SMILES string of the molecule is C=CC=C.CC.CC(c1ccccc1)(c1ccccc1)c1ccccc1-c1ccc(-c2ccc(N(c3ccccc3)c3ccc(-c4ccccc4-c4ccccc4-c4ccc(-c5nc6ccccc6o5)cc4)cc3)cc2)cc1. The summed E-state index contributed by atoms with van der Waals surface area (Å²) in [7, 11) is 0. The first-order valence-corrected chi connectivity index (χ1v) is 26.8. The van der Waals surface area contributed by atoms with E-state index in [1.807, 2.05) is 38.1 Å². The number of aromatic nitrogens is 1. The van der Waals surface area contributed by atoms with Gasteiger partial charge in [0.05, 0.1) is 0 Å². The smallest absolute Gasteiger partial charge is 0.227 e. The molecule has 0 atom stereocenters. The van der Waals surface area contributed by atoms with Crippen LogP contribution in [0.5, 0.6) is 0 Å². The Morgan fingerprint density at radius 2 is 0.692 bits per heavy atom. The highest BCUT2D eigenvalue weighted by Gasteiger charge is 2.33. The molecule has 0 aliphatic rings. The van der Waals surface area contributed by atoms with E-state index in [2.05, 4.69) is 286 Å². The van der Waals surface area contributed by atoms with Crippen molar-refractivity contribution in [1.29, 1.82) is 0 Å². The van der Waals surface area contributed by atoms with Crippen LogP contribution in [0.2, 0.25) is 0 Å². The highest BCUT2D eigenvalue weighted by Crippen LogP contribution is 2.45. The van der Waals surface area contributed by atoms with Crippen molar-refractivity contribution in [1.82, 2.24) is 4.98 Å². The lowest BCUT2D eigenvalue weighted by molar-refractivity contribution is 0.620. The van der Waals surface area contributed by atoms with Gasteiger partial charge in [0, 0.05) is 28.0 Å². The summed E-state index contributed by atoms with van der Waals surface area (Å²) in [4.78, 5) is 7.05. The minimum absolute atomic E-state index is 0.346. The van der Waals surface area contributed by atoms with Crippen LogP contribution in [0.15, 0.2) is 315 Å². The van der Waals surface area contributed by atoms with Gasteiger partial charge in [0.25, 0.3) is 0 Å². The molecule has 1 heterocycles. The molecule has 12 aromatic rings. The first-order valence-electron chi connectivity index (χ1n) is 26.8. The number of nitrogens with zero attached hydrogens (tertiary/aromatic N) is 2. The quantitative estimate of drug-likeness (QED) is 0.0851. The van der Waals surface area contributed by atoms with Gasteiger partial charge in [0.2, 0.25) is 5.89 Å². The molecule has 0 fully saturated rings. The van der Waals surface area contributed by atoms with Crippen molar-refractivity contribution >= 4 is 28.2 Å². The molecule has 1 aromatic heterocycles. The Morgan fingerprint density at radius 3 is 1.18 bits per heavy atom. The maximum absolute atomic E-state index is 6.08. The van der Waals surface area contributed by atoms with Crippen LogP contribution < -0.4 is 4.90 Å². The minimum atomic E-state index is -0.346. The van der Waals surface area contributed by atoms with Gasteiger partial charge in [-0.15, -0.1) is 0 Å². The molecule has 0 aliphatic carbocycles. The standard InChI is InChI=1S/C69H50N2O.C4H6.C2H6/c1-69(55-19-5-2-6-20-55,56-21-7-3-8-22-56)65-30-16-15-27-62(65)53-35-33-49(34-36-53)50-41-45-58(46-42-50)71(57-23-9-4-10-24-57)59-47-43-52(44-48-59)61-26-12-14-29-64(61)63-28-13-11-25-60(63)51-37-39-54(40-38-51)68-70-66-31-17-18-32-67(66)72-68;1-3-4-2;1-2/h2-48H,1H3;3-4H,1-2H2;1-2H3. The molecule has 0 saturated carbocycles. The number of anilines is 3. The second-order valence-electron chi connectivity index (χ2n) is 18.9. The second-order valence-corrected chi connectivity index (χ2v) is 18.9. The van der Waals surface area contributed by atoms with Gasteiger partial charge in [0.1, 0.15) is 5.52 Å². The maximum atomic E-state index is 6.08. The summed E-state index contributed by atoms with van der Waals surface area (Å²) in [5, 5.41) is 0. The van der Waals surface area contributed by atoms with E-state index in [9.17, 15) is 0 Å². The van der Waals surface area contributed by atoms with Crippen molar-refractivity contribution in [3.63, 3.8) is 0 Å². The Balaban J connectivity index is 0.00000110. The van der Waals surface area contributed by atoms with Gasteiger partial charge in [-0.1, -0.05) is 264 Å². The van der Waals surface area contributed by atoms with Gasteiger partial charge in [-0.2, -0.15) is 0 Å². The molecule has 0 radical (unpaired) electrons. The Labute approximate surface area is 460 Å². The summed E-state index contributed by atoms with van der Waals surface area (Å²) in [6.45, 7) is 13.1. The van der Waals surface area contributed by atoms with E-state index in [0.29, 0.717) is 5.89 Å². The Bertz CT molecular complexity index is 3800. The number of oxazole rings is 1. The molecule has 0 aliphatic heterocycles. The van der Waals surface area contributed by atoms with Crippen LogP contribution in [0.4, 0.5) is 17.1 Å². The van der Waals surface area contributed by atoms with Crippen molar-refractivity contribution in [2.24, 2.45) is 0 Å². The topological polar surface area (TPSA) is 29.3 Å². The van der Waals surface area contributed by atoms with Crippen LogP contribution in [0.25, 0.3) is 78.2 Å². The summed E-state index contributed by atoms with van der Waals surface area (Å²) in [6, 6.07) is 102. The lowest BCUT2D eigenvalue weighted by Crippen LogP contribution is -2.26. The molecule has 0 N–H and O–H groups in total. The molecule has 0 unspecified atom stereocenters. The van der Waals surface area contributed by atoms with E-state index in [1.165, 1.54) is 50.1 Å². The third-order valence-electron chi connectivity index (χ3n) is 14.3. The average molecular weight is 1010 g/mol. The number of fused-ring (bicyclic) bond motifs is 1. The molecular formula is C75H62N2O. The largest absolute Gasteiger partial charge is 0.436 e. The van der Waals surface area contributed by atoms with Gasteiger partial charge in [0.15, 0.2) is 5.58 Å². The molecule has 0 spiro atoms. The van der Waals surface area contributed by atoms with E-state index in [4.69, 9.17) is 9.40 Å². The van der Waals surface area contributed by atoms with Gasteiger partial charge < -0.3 is 9.32 Å². The van der Waals surface area contributed by atoms with Crippen LogP contribution in [0.3, 0.4) is 0 Å². The summed E-state index contributed by atoms with van der Waals surface area (Å²) in [5.74, 6) is 0.624. The van der Waals surface area contributed by atoms with Crippen LogP contribution in [0.1, 0.15) is 37.5 Å². The van der Waals surface area contributed by atoms with Gasteiger partial charge in [-0.3, -0.25) is 0 Å². The molecule has 3 nitrogen and oxygen atoms in total. The van der Waals surface area contributed by atoms with Crippen molar-refractivity contribution in [3.8, 4) is 67.1 Å². The van der Waals surface area contributed by atoms with Crippen molar-refractivity contribution in [2.45, 2.75) is 26.2 Å². The highest BCUT2D eigenvalue weighted by atomic mass is 16.3. The van der Waals surface area contributed by atoms with Gasteiger partial charge in [-0.25, -0.2) is 4.98 Å². The molecule has 12 rings (SSSR count). The molecule has 11 aromatic carbocycles. The summed E-state index contributed by atoms with van der Waals surface area (Å²) in [5.41, 5.74) is 21.0. The zero-order valence-corrected chi connectivity index (χ0v) is 44.5. The van der Waals surface area contributed by atoms with E-state index < -0.39 is 0 Å². The first-order chi connectivity index (χ1) is 38.5.